The Labute approximate surface area is 80.5 Å². The van der Waals surface area contributed by atoms with E-state index in [4.69, 9.17) is 0 Å². The maximum Gasteiger partial charge on any atom is 0.0608 e. The first kappa shape index (κ1) is 8.25. The van der Waals surface area contributed by atoms with Gasteiger partial charge in [-0.3, -0.25) is 10.6 Å². The zero-order valence-electron chi connectivity index (χ0n) is 8.42. The summed E-state index contributed by atoms with van der Waals surface area (Å²) in [6.45, 7) is 2.32. The van der Waals surface area contributed by atoms with Gasteiger partial charge in [-0.25, -0.2) is 0 Å². The third-order valence-electron chi connectivity index (χ3n) is 4.28. The molecule has 2 saturated heterocycles. The van der Waals surface area contributed by atoms with Crippen LogP contribution in [-0.2, 0) is 0 Å². The van der Waals surface area contributed by atoms with Crippen LogP contribution in [0.1, 0.15) is 39.0 Å². The SMILES string of the molecule is CC1CC2C(N1)NC1CCCCC12. The van der Waals surface area contributed by atoms with Crippen molar-refractivity contribution in [3.05, 3.63) is 0 Å². The quantitative estimate of drug-likeness (QED) is 0.590. The van der Waals surface area contributed by atoms with E-state index in [0.29, 0.717) is 6.17 Å². The molecular formula is C11H20N2. The molecule has 13 heavy (non-hydrogen) atoms. The number of rotatable bonds is 0. The highest BCUT2D eigenvalue weighted by Crippen LogP contribution is 2.41. The van der Waals surface area contributed by atoms with Gasteiger partial charge in [0.15, 0.2) is 0 Å². The van der Waals surface area contributed by atoms with Crippen molar-refractivity contribution in [2.45, 2.75) is 57.3 Å². The van der Waals surface area contributed by atoms with E-state index in [1.807, 2.05) is 0 Å². The summed E-state index contributed by atoms with van der Waals surface area (Å²) in [5.41, 5.74) is 0. The van der Waals surface area contributed by atoms with E-state index in [0.717, 1.165) is 23.9 Å². The molecular weight excluding hydrogens is 160 g/mol. The molecule has 0 aromatic carbocycles. The zero-order valence-corrected chi connectivity index (χ0v) is 8.42. The van der Waals surface area contributed by atoms with E-state index >= 15 is 0 Å². The normalized spacial score (nSPS) is 54.7. The van der Waals surface area contributed by atoms with Gasteiger partial charge >= 0.3 is 0 Å². The molecule has 2 aliphatic heterocycles. The van der Waals surface area contributed by atoms with E-state index in [1.54, 1.807) is 0 Å². The minimum absolute atomic E-state index is 0.656. The van der Waals surface area contributed by atoms with Gasteiger partial charge in [-0.2, -0.15) is 0 Å². The van der Waals surface area contributed by atoms with Crippen LogP contribution in [0.3, 0.4) is 0 Å². The summed E-state index contributed by atoms with van der Waals surface area (Å²) in [6.07, 6.45) is 7.88. The lowest BCUT2D eigenvalue weighted by atomic mass is 9.78. The summed E-state index contributed by atoms with van der Waals surface area (Å²) in [5.74, 6) is 1.94. The highest BCUT2D eigenvalue weighted by Gasteiger charge is 2.47. The van der Waals surface area contributed by atoms with Gasteiger partial charge in [0.1, 0.15) is 0 Å². The van der Waals surface area contributed by atoms with Crippen LogP contribution in [0.15, 0.2) is 0 Å². The second-order valence-electron chi connectivity index (χ2n) is 5.17. The smallest absolute Gasteiger partial charge is 0.0608 e. The van der Waals surface area contributed by atoms with Crippen molar-refractivity contribution in [2.24, 2.45) is 11.8 Å². The Hall–Kier alpha value is -0.0800. The predicted molar refractivity (Wildman–Crippen MR) is 53.4 cm³/mol. The second-order valence-corrected chi connectivity index (χ2v) is 5.17. The van der Waals surface area contributed by atoms with Crippen LogP contribution in [0, 0.1) is 11.8 Å². The van der Waals surface area contributed by atoms with Gasteiger partial charge < -0.3 is 0 Å². The average molecular weight is 180 g/mol. The Morgan fingerprint density at radius 3 is 2.77 bits per heavy atom. The maximum absolute atomic E-state index is 3.77. The number of hydrogen-bond acceptors (Lipinski definition) is 2. The van der Waals surface area contributed by atoms with Crippen LogP contribution in [0.25, 0.3) is 0 Å². The molecule has 5 unspecified atom stereocenters. The molecule has 0 aromatic heterocycles. The standard InChI is InChI=1S/C11H20N2/c1-7-6-9-8-4-2-3-5-10(8)13-11(9)12-7/h7-13H,2-6H2,1H3. The number of fused-ring (bicyclic) bond motifs is 3. The van der Waals surface area contributed by atoms with Crippen molar-refractivity contribution in [1.82, 2.24) is 10.6 Å². The molecule has 2 heteroatoms. The molecule has 3 aliphatic rings. The van der Waals surface area contributed by atoms with E-state index in [2.05, 4.69) is 17.6 Å². The fourth-order valence-corrected chi connectivity index (χ4v) is 3.75. The third kappa shape index (κ3) is 1.23. The van der Waals surface area contributed by atoms with Crippen LogP contribution < -0.4 is 10.6 Å². The Morgan fingerprint density at radius 1 is 1.00 bits per heavy atom. The van der Waals surface area contributed by atoms with Crippen molar-refractivity contribution in [3.8, 4) is 0 Å². The third-order valence-corrected chi connectivity index (χ3v) is 4.28. The minimum atomic E-state index is 0.656. The topological polar surface area (TPSA) is 24.1 Å². The first-order valence-electron chi connectivity index (χ1n) is 5.87. The van der Waals surface area contributed by atoms with Gasteiger partial charge in [0.05, 0.1) is 6.17 Å². The lowest BCUT2D eigenvalue weighted by Gasteiger charge is -2.28. The van der Waals surface area contributed by atoms with Gasteiger partial charge in [0.2, 0.25) is 0 Å². The van der Waals surface area contributed by atoms with Crippen molar-refractivity contribution in [3.63, 3.8) is 0 Å². The van der Waals surface area contributed by atoms with Crippen LogP contribution in [0.5, 0.6) is 0 Å². The Balaban J connectivity index is 1.76. The highest BCUT2D eigenvalue weighted by atomic mass is 15.2. The summed E-state index contributed by atoms with van der Waals surface area (Å²) in [4.78, 5) is 0. The number of hydrogen-bond donors (Lipinski definition) is 2. The molecule has 0 aromatic rings. The van der Waals surface area contributed by atoms with E-state index in [1.165, 1.54) is 32.1 Å². The van der Waals surface area contributed by atoms with Crippen molar-refractivity contribution < 1.29 is 0 Å². The lowest BCUT2D eigenvalue weighted by Crippen LogP contribution is -2.41. The molecule has 2 heterocycles. The van der Waals surface area contributed by atoms with Gasteiger partial charge in [-0.05, 0) is 38.0 Å². The molecule has 2 nitrogen and oxygen atoms in total. The summed E-state index contributed by atoms with van der Waals surface area (Å²) < 4.78 is 0. The molecule has 1 aliphatic carbocycles. The number of nitrogens with one attached hydrogen (secondary N) is 2. The highest BCUT2D eigenvalue weighted by molar-refractivity contribution is 5.02. The van der Waals surface area contributed by atoms with Gasteiger partial charge in [-0.15, -0.1) is 0 Å². The van der Waals surface area contributed by atoms with E-state index in [9.17, 15) is 0 Å². The fourth-order valence-electron chi connectivity index (χ4n) is 3.75. The summed E-state index contributed by atoms with van der Waals surface area (Å²) >= 11 is 0. The molecule has 0 radical (unpaired) electrons. The van der Waals surface area contributed by atoms with Crippen molar-refractivity contribution in [1.29, 1.82) is 0 Å². The maximum atomic E-state index is 3.77. The van der Waals surface area contributed by atoms with Crippen molar-refractivity contribution in [2.75, 3.05) is 0 Å². The molecule has 2 N–H and O–H groups in total. The first-order chi connectivity index (χ1) is 6.34. The average Bonchev–Trinajstić information content (AvgIpc) is 2.60. The fraction of sp³-hybridized carbons (Fsp3) is 1.00. The monoisotopic (exact) mass is 180 g/mol. The Bertz CT molecular complexity index is 204. The second kappa shape index (κ2) is 2.96. The molecule has 0 spiro atoms. The molecule has 3 fully saturated rings. The van der Waals surface area contributed by atoms with Crippen molar-refractivity contribution >= 4 is 0 Å². The largest absolute Gasteiger partial charge is 0.299 e. The summed E-state index contributed by atoms with van der Waals surface area (Å²) in [7, 11) is 0. The predicted octanol–water partition coefficient (Wildman–Crippen LogP) is 1.47. The molecule has 3 rings (SSSR count). The molecule has 1 saturated carbocycles. The molecule has 0 amide bonds. The first-order valence-corrected chi connectivity index (χ1v) is 5.87. The van der Waals surface area contributed by atoms with Gasteiger partial charge in [0.25, 0.3) is 0 Å². The van der Waals surface area contributed by atoms with Crippen LogP contribution in [0.4, 0.5) is 0 Å². The molecule has 0 bridgehead atoms. The van der Waals surface area contributed by atoms with Gasteiger partial charge in [-0.1, -0.05) is 12.8 Å². The minimum Gasteiger partial charge on any atom is -0.299 e. The summed E-state index contributed by atoms with van der Waals surface area (Å²) in [6, 6.07) is 1.59. The van der Waals surface area contributed by atoms with Crippen LogP contribution in [-0.4, -0.2) is 18.2 Å². The Kier molecular flexibility index (Phi) is 1.88. The van der Waals surface area contributed by atoms with E-state index < -0.39 is 0 Å². The Morgan fingerprint density at radius 2 is 1.85 bits per heavy atom. The summed E-state index contributed by atoms with van der Waals surface area (Å²) in [5, 5.41) is 7.44. The van der Waals surface area contributed by atoms with Crippen LogP contribution in [0.2, 0.25) is 0 Å². The van der Waals surface area contributed by atoms with Crippen LogP contribution >= 0.6 is 0 Å². The van der Waals surface area contributed by atoms with Gasteiger partial charge in [0, 0.05) is 12.1 Å². The zero-order chi connectivity index (χ0) is 8.84. The van der Waals surface area contributed by atoms with E-state index in [-0.39, 0.29) is 0 Å². The molecule has 74 valence electrons. The molecule has 5 atom stereocenters. The lowest BCUT2D eigenvalue weighted by molar-refractivity contribution is 0.267.